The number of aromatic nitrogens is 3. The molecule has 0 bridgehead atoms. The van der Waals surface area contributed by atoms with Crippen molar-refractivity contribution in [2.45, 2.75) is 13.8 Å². The minimum Gasteiger partial charge on any atom is -0.338 e. The molecule has 5 nitrogen and oxygen atoms in total. The first-order valence-electron chi connectivity index (χ1n) is 6.98. The van der Waals surface area contributed by atoms with Crippen molar-refractivity contribution >= 4 is 22.6 Å². The monoisotopic (exact) mass is 292 g/mol. The molecule has 2 N–H and O–H groups in total. The van der Waals surface area contributed by atoms with Crippen LogP contribution in [0.1, 0.15) is 13.8 Å². The van der Waals surface area contributed by atoms with Crippen molar-refractivity contribution in [2.75, 3.05) is 5.32 Å². The van der Waals surface area contributed by atoms with E-state index >= 15 is 0 Å². The van der Waals surface area contributed by atoms with Gasteiger partial charge in [0.25, 0.3) is 0 Å². The van der Waals surface area contributed by atoms with E-state index in [1.54, 1.807) is 18.5 Å². The van der Waals surface area contributed by atoms with Gasteiger partial charge in [0.15, 0.2) is 0 Å². The highest BCUT2D eigenvalue weighted by Gasteiger charge is 2.07. The summed E-state index contributed by atoms with van der Waals surface area (Å²) in [7, 11) is 0. The summed E-state index contributed by atoms with van der Waals surface area (Å²) < 4.78 is 0. The third-order valence-electron chi connectivity index (χ3n) is 3.10. The van der Waals surface area contributed by atoms with E-state index in [-0.39, 0.29) is 5.91 Å². The van der Waals surface area contributed by atoms with Gasteiger partial charge in [-0.15, -0.1) is 0 Å². The standard InChI is InChI=1S/C17H16N4O/c1-11(2)8-16(22)19-13-5-6-14-15(9-13)21-17(20-14)12-4-3-7-18-10-12/h3-10H,1-2H3,(H,19,22)(H,20,21). The lowest BCUT2D eigenvalue weighted by atomic mass is 10.2. The molecule has 2 aromatic heterocycles. The zero-order valence-electron chi connectivity index (χ0n) is 12.4. The van der Waals surface area contributed by atoms with Crippen molar-refractivity contribution < 1.29 is 4.79 Å². The summed E-state index contributed by atoms with van der Waals surface area (Å²) in [5, 5.41) is 2.84. The molecule has 0 unspecified atom stereocenters. The predicted molar refractivity (Wildman–Crippen MR) is 87.4 cm³/mol. The predicted octanol–water partition coefficient (Wildman–Crippen LogP) is 3.53. The SMILES string of the molecule is CC(C)=CC(=O)Nc1ccc2nc(-c3cccnc3)[nH]c2c1. The number of carbonyl (C=O) groups excluding carboxylic acids is 1. The van der Waals surface area contributed by atoms with Gasteiger partial charge < -0.3 is 10.3 Å². The summed E-state index contributed by atoms with van der Waals surface area (Å²) in [6.45, 7) is 3.77. The number of amides is 1. The molecule has 1 amide bonds. The van der Waals surface area contributed by atoms with Crippen LogP contribution in [0.3, 0.4) is 0 Å². The maximum Gasteiger partial charge on any atom is 0.248 e. The van der Waals surface area contributed by atoms with E-state index in [4.69, 9.17) is 0 Å². The highest BCUT2D eigenvalue weighted by atomic mass is 16.1. The first-order chi connectivity index (χ1) is 10.6. The number of hydrogen-bond donors (Lipinski definition) is 2. The van der Waals surface area contributed by atoms with E-state index < -0.39 is 0 Å². The molecular formula is C17H16N4O. The number of rotatable bonds is 3. The minimum absolute atomic E-state index is 0.133. The van der Waals surface area contributed by atoms with Gasteiger partial charge in [-0.2, -0.15) is 0 Å². The van der Waals surface area contributed by atoms with Crippen molar-refractivity contribution in [3.05, 3.63) is 54.4 Å². The molecule has 0 spiro atoms. The number of aromatic amines is 1. The molecule has 0 saturated heterocycles. The fraction of sp³-hybridized carbons (Fsp3) is 0.118. The van der Waals surface area contributed by atoms with Crippen LogP contribution in [0.4, 0.5) is 5.69 Å². The second-order valence-corrected chi connectivity index (χ2v) is 5.27. The molecule has 2 heterocycles. The number of hydrogen-bond acceptors (Lipinski definition) is 3. The molecule has 5 heteroatoms. The summed E-state index contributed by atoms with van der Waals surface area (Å²) in [5.74, 6) is 0.627. The van der Waals surface area contributed by atoms with Crippen LogP contribution in [0.15, 0.2) is 54.4 Å². The van der Waals surface area contributed by atoms with Gasteiger partial charge in [0.1, 0.15) is 5.82 Å². The molecule has 3 rings (SSSR count). The van der Waals surface area contributed by atoms with Gasteiger partial charge in [-0.25, -0.2) is 4.98 Å². The van der Waals surface area contributed by atoms with Gasteiger partial charge in [-0.05, 0) is 44.2 Å². The van der Waals surface area contributed by atoms with Crippen LogP contribution in [-0.4, -0.2) is 20.9 Å². The number of anilines is 1. The Morgan fingerprint density at radius 1 is 1.27 bits per heavy atom. The summed E-state index contributed by atoms with van der Waals surface area (Å²) in [4.78, 5) is 23.6. The van der Waals surface area contributed by atoms with E-state index in [1.807, 2.05) is 44.2 Å². The van der Waals surface area contributed by atoms with Crippen LogP contribution in [0.2, 0.25) is 0 Å². The number of carbonyl (C=O) groups is 1. The minimum atomic E-state index is -0.133. The molecule has 110 valence electrons. The number of fused-ring (bicyclic) bond motifs is 1. The van der Waals surface area contributed by atoms with Crippen molar-refractivity contribution in [3.63, 3.8) is 0 Å². The number of imidazole rings is 1. The normalized spacial score (nSPS) is 10.5. The Morgan fingerprint density at radius 3 is 2.86 bits per heavy atom. The average molecular weight is 292 g/mol. The van der Waals surface area contributed by atoms with E-state index in [1.165, 1.54) is 0 Å². The van der Waals surface area contributed by atoms with Crippen LogP contribution < -0.4 is 5.32 Å². The van der Waals surface area contributed by atoms with Gasteiger partial charge in [-0.3, -0.25) is 9.78 Å². The summed E-state index contributed by atoms with van der Waals surface area (Å²) in [5.41, 5.74) is 4.33. The topological polar surface area (TPSA) is 70.7 Å². The van der Waals surface area contributed by atoms with Crippen LogP contribution in [0.25, 0.3) is 22.4 Å². The van der Waals surface area contributed by atoms with Crippen LogP contribution >= 0.6 is 0 Å². The second-order valence-electron chi connectivity index (χ2n) is 5.27. The van der Waals surface area contributed by atoms with Gasteiger partial charge >= 0.3 is 0 Å². The van der Waals surface area contributed by atoms with Crippen molar-refractivity contribution in [2.24, 2.45) is 0 Å². The first kappa shape index (κ1) is 14.0. The second kappa shape index (κ2) is 5.81. The number of allylic oxidation sites excluding steroid dienone is 1. The molecule has 0 aliphatic carbocycles. The van der Waals surface area contributed by atoms with E-state index in [0.717, 1.165) is 33.7 Å². The average Bonchev–Trinajstić information content (AvgIpc) is 2.90. The molecule has 0 aliphatic rings. The molecule has 0 radical (unpaired) electrons. The number of nitrogens with one attached hydrogen (secondary N) is 2. The maximum atomic E-state index is 11.8. The van der Waals surface area contributed by atoms with Crippen molar-refractivity contribution in [1.29, 1.82) is 0 Å². The quantitative estimate of drug-likeness (QED) is 0.725. The molecule has 0 fully saturated rings. The number of benzene rings is 1. The smallest absolute Gasteiger partial charge is 0.248 e. The summed E-state index contributed by atoms with van der Waals surface area (Å²) >= 11 is 0. The number of H-pyrrole nitrogens is 1. The van der Waals surface area contributed by atoms with Crippen molar-refractivity contribution in [3.8, 4) is 11.4 Å². The molecule has 0 aliphatic heterocycles. The third-order valence-corrected chi connectivity index (χ3v) is 3.10. The van der Waals surface area contributed by atoms with Crippen LogP contribution in [0.5, 0.6) is 0 Å². The van der Waals surface area contributed by atoms with Gasteiger partial charge in [-0.1, -0.05) is 5.57 Å². The largest absolute Gasteiger partial charge is 0.338 e. The lowest BCUT2D eigenvalue weighted by Gasteiger charge is -2.02. The fourth-order valence-corrected chi connectivity index (χ4v) is 2.17. The van der Waals surface area contributed by atoms with E-state index in [2.05, 4.69) is 20.3 Å². The summed E-state index contributed by atoms with van der Waals surface area (Å²) in [6, 6.07) is 9.41. The Balaban J connectivity index is 1.91. The van der Waals surface area contributed by atoms with Gasteiger partial charge in [0.05, 0.1) is 11.0 Å². The van der Waals surface area contributed by atoms with Gasteiger partial charge in [0.2, 0.25) is 5.91 Å². The van der Waals surface area contributed by atoms with Crippen LogP contribution in [0, 0.1) is 0 Å². The highest BCUT2D eigenvalue weighted by Crippen LogP contribution is 2.22. The van der Waals surface area contributed by atoms with Gasteiger partial charge in [0, 0.05) is 29.7 Å². The number of pyridine rings is 1. The Morgan fingerprint density at radius 2 is 2.14 bits per heavy atom. The summed E-state index contributed by atoms with van der Waals surface area (Å²) in [6.07, 6.45) is 5.05. The van der Waals surface area contributed by atoms with Crippen molar-refractivity contribution in [1.82, 2.24) is 15.0 Å². The molecule has 3 aromatic rings. The molecule has 22 heavy (non-hydrogen) atoms. The van der Waals surface area contributed by atoms with Crippen LogP contribution in [-0.2, 0) is 4.79 Å². The lowest BCUT2D eigenvalue weighted by Crippen LogP contribution is -2.08. The first-order valence-corrected chi connectivity index (χ1v) is 6.98. The maximum absolute atomic E-state index is 11.8. The molecular weight excluding hydrogens is 276 g/mol. The van der Waals surface area contributed by atoms with E-state index in [0.29, 0.717) is 0 Å². The van der Waals surface area contributed by atoms with E-state index in [9.17, 15) is 4.79 Å². The Kier molecular flexibility index (Phi) is 3.70. The number of nitrogens with zero attached hydrogens (tertiary/aromatic N) is 2. The zero-order valence-corrected chi connectivity index (χ0v) is 12.4. The zero-order chi connectivity index (χ0) is 15.5. The molecule has 1 aromatic carbocycles. The Bertz CT molecular complexity index is 845. The third kappa shape index (κ3) is 3.03. The molecule has 0 atom stereocenters. The Hall–Kier alpha value is -2.95. The fourth-order valence-electron chi connectivity index (χ4n) is 2.17. The molecule has 0 saturated carbocycles. The Labute approximate surface area is 128 Å². The highest BCUT2D eigenvalue weighted by molar-refractivity contribution is 6.00. The lowest BCUT2D eigenvalue weighted by molar-refractivity contribution is -0.111.